The van der Waals surface area contributed by atoms with Crippen molar-refractivity contribution in [2.75, 3.05) is 23.3 Å². The van der Waals surface area contributed by atoms with Crippen LogP contribution in [0.15, 0.2) is 48.8 Å². The smallest absolute Gasteiger partial charge is 0.128 e. The van der Waals surface area contributed by atoms with Gasteiger partial charge in [-0.25, -0.2) is 9.97 Å². The van der Waals surface area contributed by atoms with Gasteiger partial charge >= 0.3 is 0 Å². The second-order valence-electron chi connectivity index (χ2n) is 7.30. The first-order valence-corrected chi connectivity index (χ1v) is 9.71. The predicted molar refractivity (Wildman–Crippen MR) is 111 cm³/mol. The van der Waals surface area contributed by atoms with Crippen LogP contribution in [0.3, 0.4) is 0 Å². The summed E-state index contributed by atoms with van der Waals surface area (Å²) in [5, 5.41) is 3.61. The largest absolute Gasteiger partial charge is 0.377 e. The zero-order chi connectivity index (χ0) is 18.8. The van der Waals surface area contributed by atoms with Crippen LogP contribution in [-0.2, 0) is 0 Å². The van der Waals surface area contributed by atoms with Gasteiger partial charge in [-0.15, -0.1) is 0 Å². The van der Waals surface area contributed by atoms with Crippen molar-refractivity contribution in [3.63, 3.8) is 0 Å². The van der Waals surface area contributed by atoms with E-state index in [4.69, 9.17) is 4.98 Å². The van der Waals surface area contributed by atoms with Crippen LogP contribution >= 0.6 is 0 Å². The molecule has 1 aliphatic heterocycles. The number of aryl methyl sites for hydroxylation is 2. The highest BCUT2D eigenvalue weighted by molar-refractivity contribution is 5.55. The number of nitrogens with zero attached hydrogens (tertiary/aromatic N) is 4. The van der Waals surface area contributed by atoms with E-state index in [0.29, 0.717) is 0 Å². The lowest BCUT2D eigenvalue weighted by Gasteiger charge is -2.21. The molecule has 1 N–H and O–H groups in total. The lowest BCUT2D eigenvalue weighted by Crippen LogP contribution is -2.19. The van der Waals surface area contributed by atoms with Gasteiger partial charge in [-0.3, -0.25) is 0 Å². The van der Waals surface area contributed by atoms with E-state index in [1.165, 1.54) is 18.4 Å². The van der Waals surface area contributed by atoms with Crippen LogP contribution in [0.5, 0.6) is 0 Å². The summed E-state index contributed by atoms with van der Waals surface area (Å²) >= 11 is 0. The number of imidazole rings is 1. The Bertz CT molecular complexity index is 907. The van der Waals surface area contributed by atoms with Crippen molar-refractivity contribution in [1.29, 1.82) is 0 Å². The number of anilines is 2. The molecule has 0 saturated carbocycles. The van der Waals surface area contributed by atoms with Crippen molar-refractivity contribution in [3.8, 4) is 5.69 Å². The van der Waals surface area contributed by atoms with E-state index in [-0.39, 0.29) is 6.04 Å². The summed E-state index contributed by atoms with van der Waals surface area (Å²) in [4.78, 5) is 11.5. The lowest BCUT2D eigenvalue weighted by atomic mass is 10.1. The quantitative estimate of drug-likeness (QED) is 0.718. The molecule has 1 fully saturated rings. The summed E-state index contributed by atoms with van der Waals surface area (Å²) in [6.07, 6.45) is 6.36. The summed E-state index contributed by atoms with van der Waals surface area (Å²) in [5.74, 6) is 2.09. The summed E-state index contributed by atoms with van der Waals surface area (Å²) < 4.78 is 2.09. The van der Waals surface area contributed by atoms with Gasteiger partial charge in [-0.05, 0) is 63.4 Å². The van der Waals surface area contributed by atoms with Crippen molar-refractivity contribution in [2.45, 2.75) is 39.7 Å². The van der Waals surface area contributed by atoms with E-state index >= 15 is 0 Å². The van der Waals surface area contributed by atoms with Crippen molar-refractivity contribution < 1.29 is 0 Å². The number of benzene rings is 1. The van der Waals surface area contributed by atoms with Gasteiger partial charge in [0.2, 0.25) is 0 Å². The first-order valence-electron chi connectivity index (χ1n) is 9.71. The second-order valence-corrected chi connectivity index (χ2v) is 7.30. The predicted octanol–water partition coefficient (Wildman–Crippen LogP) is 4.66. The van der Waals surface area contributed by atoms with Crippen LogP contribution in [-0.4, -0.2) is 27.6 Å². The number of nitrogens with one attached hydrogen (secondary N) is 1. The fourth-order valence-corrected chi connectivity index (χ4v) is 3.71. The van der Waals surface area contributed by atoms with Crippen LogP contribution in [0.25, 0.3) is 5.69 Å². The molecule has 0 spiro atoms. The molecule has 3 aromatic rings. The van der Waals surface area contributed by atoms with Crippen LogP contribution < -0.4 is 10.2 Å². The number of hydrogen-bond acceptors (Lipinski definition) is 4. The molecule has 140 valence electrons. The van der Waals surface area contributed by atoms with Gasteiger partial charge < -0.3 is 14.8 Å². The van der Waals surface area contributed by atoms with Gasteiger partial charge in [0, 0.05) is 37.2 Å². The maximum Gasteiger partial charge on any atom is 0.128 e. The standard InChI is InChI=1S/C22H27N5/c1-16(19-6-8-20(9-7-19)27-15-12-23-18(27)3)24-21-10-11-22(25-17(21)2)26-13-4-5-14-26/h6-12,15-16,24H,4-5,13-14H2,1-3H3. The van der Waals surface area contributed by atoms with Gasteiger partial charge in [0.25, 0.3) is 0 Å². The summed E-state index contributed by atoms with van der Waals surface area (Å²) in [6, 6.07) is 13.1. The fraction of sp³-hybridized carbons (Fsp3) is 0.364. The SMILES string of the molecule is Cc1nc(N2CCCC2)ccc1NC(C)c1ccc(-n2ccnc2C)cc1. The minimum Gasteiger partial charge on any atom is -0.377 e. The molecule has 3 heterocycles. The van der Waals surface area contributed by atoms with Gasteiger partial charge in [0.1, 0.15) is 11.6 Å². The zero-order valence-corrected chi connectivity index (χ0v) is 16.3. The first kappa shape index (κ1) is 17.6. The minimum atomic E-state index is 0.209. The van der Waals surface area contributed by atoms with E-state index in [0.717, 1.165) is 41.8 Å². The molecule has 1 saturated heterocycles. The summed E-state index contributed by atoms with van der Waals surface area (Å²) in [6.45, 7) is 8.53. The van der Waals surface area contributed by atoms with Crippen LogP contribution in [0, 0.1) is 13.8 Å². The van der Waals surface area contributed by atoms with Crippen LogP contribution in [0.2, 0.25) is 0 Å². The first-order chi connectivity index (χ1) is 13.1. The van der Waals surface area contributed by atoms with Gasteiger partial charge in [-0.2, -0.15) is 0 Å². The Balaban J connectivity index is 1.47. The number of rotatable bonds is 5. The molecule has 1 atom stereocenters. The van der Waals surface area contributed by atoms with E-state index in [9.17, 15) is 0 Å². The molecule has 1 aromatic carbocycles. The van der Waals surface area contributed by atoms with Crippen molar-refractivity contribution >= 4 is 11.5 Å². The number of pyridine rings is 1. The minimum absolute atomic E-state index is 0.209. The molecule has 5 nitrogen and oxygen atoms in total. The molecule has 5 heteroatoms. The topological polar surface area (TPSA) is 46.0 Å². The average molecular weight is 361 g/mol. The van der Waals surface area contributed by atoms with Crippen LogP contribution in [0.1, 0.15) is 42.9 Å². The highest BCUT2D eigenvalue weighted by atomic mass is 15.2. The third kappa shape index (κ3) is 3.68. The molecule has 1 unspecified atom stereocenters. The molecule has 1 aliphatic rings. The number of hydrogen-bond donors (Lipinski definition) is 1. The monoisotopic (exact) mass is 361 g/mol. The second kappa shape index (κ2) is 7.43. The molecule has 0 amide bonds. The summed E-state index contributed by atoms with van der Waals surface area (Å²) in [5.41, 5.74) is 4.53. The Morgan fingerprint density at radius 3 is 2.37 bits per heavy atom. The Hall–Kier alpha value is -2.82. The zero-order valence-electron chi connectivity index (χ0n) is 16.3. The Morgan fingerprint density at radius 1 is 1.00 bits per heavy atom. The average Bonchev–Trinajstić information content (AvgIpc) is 3.35. The van der Waals surface area contributed by atoms with Crippen molar-refractivity contribution in [1.82, 2.24) is 14.5 Å². The molecule has 0 aliphatic carbocycles. The van der Waals surface area contributed by atoms with Crippen molar-refractivity contribution in [3.05, 3.63) is 65.9 Å². The maximum atomic E-state index is 4.81. The normalized spacial score (nSPS) is 15.1. The van der Waals surface area contributed by atoms with E-state index in [1.54, 1.807) is 0 Å². The Morgan fingerprint density at radius 2 is 1.74 bits per heavy atom. The molecular formula is C22H27N5. The molecular weight excluding hydrogens is 334 g/mol. The van der Waals surface area contributed by atoms with E-state index < -0.39 is 0 Å². The van der Waals surface area contributed by atoms with Gasteiger partial charge in [0.05, 0.1) is 11.4 Å². The van der Waals surface area contributed by atoms with Crippen LogP contribution in [0.4, 0.5) is 11.5 Å². The Kier molecular flexibility index (Phi) is 4.84. The summed E-state index contributed by atoms with van der Waals surface area (Å²) in [7, 11) is 0. The molecule has 0 bridgehead atoms. The highest BCUT2D eigenvalue weighted by Gasteiger charge is 2.15. The Labute approximate surface area is 161 Å². The molecule has 4 rings (SSSR count). The highest BCUT2D eigenvalue weighted by Crippen LogP contribution is 2.26. The molecule has 2 aromatic heterocycles. The lowest BCUT2D eigenvalue weighted by molar-refractivity contribution is 0.872. The van der Waals surface area contributed by atoms with E-state index in [1.807, 2.05) is 19.3 Å². The third-order valence-electron chi connectivity index (χ3n) is 5.37. The van der Waals surface area contributed by atoms with Gasteiger partial charge in [-0.1, -0.05) is 12.1 Å². The number of aromatic nitrogens is 3. The maximum absolute atomic E-state index is 4.81. The van der Waals surface area contributed by atoms with Crippen molar-refractivity contribution in [2.24, 2.45) is 0 Å². The van der Waals surface area contributed by atoms with Gasteiger partial charge in [0.15, 0.2) is 0 Å². The third-order valence-corrected chi connectivity index (χ3v) is 5.37. The molecule has 0 radical (unpaired) electrons. The van der Waals surface area contributed by atoms with E-state index in [2.05, 4.69) is 70.0 Å². The fourth-order valence-electron chi connectivity index (χ4n) is 3.71. The molecule has 27 heavy (non-hydrogen) atoms.